The topological polar surface area (TPSA) is 62.3 Å². The van der Waals surface area contributed by atoms with Crippen LogP contribution in [0.25, 0.3) is 0 Å². The van der Waals surface area contributed by atoms with Gasteiger partial charge in [-0.2, -0.15) is 0 Å². The Kier molecular flexibility index (Phi) is 8.42. The summed E-state index contributed by atoms with van der Waals surface area (Å²) < 4.78 is 0. The zero-order chi connectivity index (χ0) is 21.2. The van der Waals surface area contributed by atoms with Crippen molar-refractivity contribution in [3.63, 3.8) is 0 Å². The monoisotopic (exact) mass is 407 g/mol. The summed E-state index contributed by atoms with van der Waals surface area (Å²) in [6, 6.07) is 14.7. The molecule has 5 nitrogen and oxygen atoms in total. The lowest BCUT2D eigenvalue weighted by Crippen LogP contribution is -2.46. The van der Waals surface area contributed by atoms with Gasteiger partial charge >= 0.3 is 0 Å². The van der Waals surface area contributed by atoms with E-state index in [1.807, 2.05) is 48.5 Å². The van der Waals surface area contributed by atoms with Crippen molar-refractivity contribution < 1.29 is 9.59 Å². The first-order valence-corrected chi connectivity index (χ1v) is 11.2. The number of hydrogen-bond acceptors (Lipinski definition) is 3. The highest BCUT2D eigenvalue weighted by Crippen LogP contribution is 2.30. The SMILES string of the molecule is CCCCNC(=O)C(c1ccccn1)N(Cc1ccccc1)C(=O)C1CCCCC1. The summed E-state index contributed by atoms with van der Waals surface area (Å²) in [6.07, 6.45) is 8.74. The summed E-state index contributed by atoms with van der Waals surface area (Å²) in [4.78, 5) is 33.2. The molecule has 1 fully saturated rings. The number of aromatic nitrogens is 1. The van der Waals surface area contributed by atoms with E-state index in [4.69, 9.17) is 0 Å². The highest BCUT2D eigenvalue weighted by atomic mass is 16.2. The van der Waals surface area contributed by atoms with E-state index >= 15 is 0 Å². The predicted molar refractivity (Wildman–Crippen MR) is 118 cm³/mol. The zero-order valence-corrected chi connectivity index (χ0v) is 17.9. The fraction of sp³-hybridized carbons (Fsp3) is 0.480. The molecule has 1 aliphatic rings. The molecule has 1 aromatic carbocycles. The van der Waals surface area contributed by atoms with Gasteiger partial charge in [-0.15, -0.1) is 0 Å². The van der Waals surface area contributed by atoms with Gasteiger partial charge in [0.25, 0.3) is 0 Å². The van der Waals surface area contributed by atoms with Gasteiger partial charge in [0.2, 0.25) is 11.8 Å². The molecule has 30 heavy (non-hydrogen) atoms. The Hall–Kier alpha value is -2.69. The standard InChI is InChI=1S/C25H33N3O2/c1-2-3-17-27-24(29)23(22-16-10-11-18-26-22)28(19-20-12-6-4-7-13-20)25(30)21-14-8-5-9-15-21/h4,6-7,10-13,16,18,21,23H,2-3,5,8-9,14-15,17,19H2,1H3,(H,27,29). The third kappa shape index (κ3) is 5.91. The minimum Gasteiger partial charge on any atom is -0.354 e. The van der Waals surface area contributed by atoms with E-state index in [9.17, 15) is 9.59 Å². The molecule has 2 aromatic rings. The van der Waals surface area contributed by atoms with Gasteiger partial charge in [-0.05, 0) is 37.0 Å². The number of carbonyl (C=O) groups is 2. The number of unbranched alkanes of at least 4 members (excludes halogenated alkanes) is 1. The van der Waals surface area contributed by atoms with Crippen LogP contribution >= 0.6 is 0 Å². The van der Waals surface area contributed by atoms with Gasteiger partial charge in [0.1, 0.15) is 0 Å². The predicted octanol–water partition coefficient (Wildman–Crippen LogP) is 4.65. The lowest BCUT2D eigenvalue weighted by Gasteiger charge is -2.34. The Morgan fingerprint density at radius 2 is 1.80 bits per heavy atom. The molecule has 1 aromatic heterocycles. The number of nitrogens with one attached hydrogen (secondary N) is 1. The zero-order valence-electron chi connectivity index (χ0n) is 17.9. The van der Waals surface area contributed by atoms with Crippen LogP contribution < -0.4 is 5.32 Å². The molecule has 1 heterocycles. The van der Waals surface area contributed by atoms with Crippen molar-refractivity contribution in [3.8, 4) is 0 Å². The molecular weight excluding hydrogens is 374 g/mol. The maximum atomic E-state index is 13.7. The number of amides is 2. The Labute approximate surface area is 179 Å². The molecule has 1 saturated carbocycles. The quantitative estimate of drug-likeness (QED) is 0.616. The largest absolute Gasteiger partial charge is 0.354 e. The van der Waals surface area contributed by atoms with Crippen molar-refractivity contribution in [3.05, 3.63) is 66.0 Å². The van der Waals surface area contributed by atoms with Gasteiger partial charge in [0.15, 0.2) is 6.04 Å². The Balaban J connectivity index is 1.93. The van der Waals surface area contributed by atoms with Crippen LogP contribution in [0.2, 0.25) is 0 Å². The molecule has 1 atom stereocenters. The molecule has 0 spiro atoms. The van der Waals surface area contributed by atoms with E-state index in [0.29, 0.717) is 18.8 Å². The third-order valence-corrected chi connectivity index (χ3v) is 5.79. The molecule has 0 aliphatic heterocycles. The molecule has 1 unspecified atom stereocenters. The fourth-order valence-corrected chi connectivity index (χ4v) is 4.12. The van der Waals surface area contributed by atoms with Crippen LogP contribution in [0.15, 0.2) is 54.7 Å². The van der Waals surface area contributed by atoms with Gasteiger partial charge in [-0.1, -0.05) is 69.0 Å². The van der Waals surface area contributed by atoms with Gasteiger partial charge in [0.05, 0.1) is 5.69 Å². The number of hydrogen-bond donors (Lipinski definition) is 1. The molecule has 1 aliphatic carbocycles. The summed E-state index contributed by atoms with van der Waals surface area (Å²) in [5, 5.41) is 3.03. The van der Waals surface area contributed by atoms with Crippen molar-refractivity contribution in [2.75, 3.05) is 6.54 Å². The van der Waals surface area contributed by atoms with E-state index in [0.717, 1.165) is 44.1 Å². The maximum absolute atomic E-state index is 13.7. The van der Waals surface area contributed by atoms with Crippen molar-refractivity contribution in [1.29, 1.82) is 0 Å². The van der Waals surface area contributed by atoms with E-state index in [2.05, 4.69) is 17.2 Å². The van der Waals surface area contributed by atoms with Gasteiger partial charge < -0.3 is 10.2 Å². The second kappa shape index (κ2) is 11.5. The van der Waals surface area contributed by atoms with Crippen LogP contribution in [0.1, 0.15) is 69.2 Å². The van der Waals surface area contributed by atoms with Crippen LogP contribution in [0.5, 0.6) is 0 Å². The second-order valence-electron chi connectivity index (χ2n) is 8.09. The smallest absolute Gasteiger partial charge is 0.249 e. The first kappa shape index (κ1) is 22.0. The lowest BCUT2D eigenvalue weighted by atomic mass is 9.87. The second-order valence-corrected chi connectivity index (χ2v) is 8.09. The Morgan fingerprint density at radius 1 is 1.07 bits per heavy atom. The normalized spacial score (nSPS) is 15.4. The van der Waals surface area contributed by atoms with Crippen molar-refractivity contribution >= 4 is 11.8 Å². The molecule has 3 rings (SSSR count). The van der Waals surface area contributed by atoms with Crippen molar-refractivity contribution in [2.45, 2.75) is 64.5 Å². The number of benzene rings is 1. The number of pyridine rings is 1. The number of rotatable bonds is 9. The summed E-state index contributed by atoms with van der Waals surface area (Å²) in [5.74, 6) is -0.0980. The van der Waals surface area contributed by atoms with Crippen LogP contribution in [0.4, 0.5) is 0 Å². The number of carbonyl (C=O) groups excluding carboxylic acids is 2. The third-order valence-electron chi connectivity index (χ3n) is 5.79. The molecule has 0 bridgehead atoms. The first-order valence-electron chi connectivity index (χ1n) is 11.2. The minimum atomic E-state index is -0.724. The van der Waals surface area contributed by atoms with Crippen LogP contribution in [-0.2, 0) is 16.1 Å². The summed E-state index contributed by atoms with van der Waals surface area (Å²) in [7, 11) is 0. The lowest BCUT2D eigenvalue weighted by molar-refractivity contribution is -0.145. The number of nitrogens with zero attached hydrogens (tertiary/aromatic N) is 2. The van der Waals surface area contributed by atoms with Crippen molar-refractivity contribution in [1.82, 2.24) is 15.2 Å². The van der Waals surface area contributed by atoms with Gasteiger partial charge in [-0.3, -0.25) is 14.6 Å². The average Bonchev–Trinajstić information content (AvgIpc) is 2.80. The van der Waals surface area contributed by atoms with E-state index in [1.165, 1.54) is 6.42 Å². The van der Waals surface area contributed by atoms with Crippen LogP contribution in [0, 0.1) is 5.92 Å². The maximum Gasteiger partial charge on any atom is 0.249 e. The Bertz CT molecular complexity index is 789. The molecule has 160 valence electrons. The van der Waals surface area contributed by atoms with Gasteiger partial charge in [-0.25, -0.2) is 0 Å². The highest BCUT2D eigenvalue weighted by Gasteiger charge is 2.36. The fourth-order valence-electron chi connectivity index (χ4n) is 4.12. The summed E-state index contributed by atoms with van der Waals surface area (Å²) in [5.41, 5.74) is 1.63. The minimum absolute atomic E-state index is 0.0166. The van der Waals surface area contributed by atoms with Crippen molar-refractivity contribution in [2.24, 2.45) is 5.92 Å². The molecule has 5 heteroatoms. The van der Waals surface area contributed by atoms with E-state index in [-0.39, 0.29) is 17.7 Å². The molecule has 0 radical (unpaired) electrons. The first-order chi connectivity index (χ1) is 14.7. The summed E-state index contributed by atoms with van der Waals surface area (Å²) >= 11 is 0. The highest BCUT2D eigenvalue weighted by molar-refractivity contribution is 5.89. The van der Waals surface area contributed by atoms with E-state index < -0.39 is 6.04 Å². The molecular formula is C25H33N3O2. The van der Waals surface area contributed by atoms with E-state index in [1.54, 1.807) is 11.1 Å². The average molecular weight is 408 g/mol. The molecule has 1 N–H and O–H groups in total. The van der Waals surface area contributed by atoms with Gasteiger partial charge in [0, 0.05) is 25.2 Å². The molecule has 0 saturated heterocycles. The molecule has 2 amide bonds. The van der Waals surface area contributed by atoms with Crippen LogP contribution in [-0.4, -0.2) is 28.2 Å². The summed E-state index contributed by atoms with van der Waals surface area (Å²) in [6.45, 7) is 3.10. The van der Waals surface area contributed by atoms with Crippen LogP contribution in [0.3, 0.4) is 0 Å². The Morgan fingerprint density at radius 3 is 2.47 bits per heavy atom.